The highest BCUT2D eigenvalue weighted by Gasteiger charge is 2.61. The Morgan fingerprint density at radius 1 is 1.32 bits per heavy atom. The second-order valence-electron chi connectivity index (χ2n) is 9.95. The number of carbonyl (C=O) groups excluding carboxylic acids is 5. The van der Waals surface area contributed by atoms with E-state index in [1.165, 1.54) is 21.9 Å². The van der Waals surface area contributed by atoms with Crippen LogP contribution in [0.4, 0.5) is 9.93 Å². The lowest BCUT2D eigenvalue weighted by Crippen LogP contribution is -2.75. The average molecular weight is 708 g/mol. The Bertz CT molecular complexity index is 1280. The second kappa shape index (κ2) is 12.4. The number of nitrogens with zero attached hydrogens (tertiary/aromatic N) is 4. The van der Waals surface area contributed by atoms with Crippen molar-refractivity contribution < 1.29 is 42.8 Å². The number of rotatable bonds is 9. The Balaban J connectivity index is 1.86. The highest BCUT2D eigenvalue weighted by atomic mass is 127. The van der Waals surface area contributed by atoms with Crippen LogP contribution in [0.3, 0.4) is 0 Å². The summed E-state index contributed by atoms with van der Waals surface area (Å²) in [5.41, 5.74) is -2.23. The normalized spacial score (nSPS) is 21.2. The number of nitrogens with one attached hydrogen (secondary N) is 2. The van der Waals surface area contributed by atoms with Crippen LogP contribution in [0.5, 0.6) is 0 Å². The molecule has 0 aromatic carbocycles. The topological polar surface area (TPSA) is 202 Å². The molecule has 2 aliphatic rings. The van der Waals surface area contributed by atoms with Crippen LogP contribution < -0.4 is 10.6 Å². The third-order valence-electron chi connectivity index (χ3n) is 5.15. The van der Waals surface area contributed by atoms with Gasteiger partial charge in [0.25, 0.3) is 11.8 Å². The van der Waals surface area contributed by atoms with Crippen LogP contribution in [0.1, 0.15) is 40.4 Å². The van der Waals surface area contributed by atoms with Gasteiger partial charge in [0.05, 0.1) is 0 Å². The fourth-order valence-corrected chi connectivity index (χ4v) is 6.62. The van der Waals surface area contributed by atoms with Gasteiger partial charge in [0.15, 0.2) is 17.9 Å². The highest BCUT2D eigenvalue weighted by Crippen LogP contribution is 2.37. The van der Waals surface area contributed by atoms with Gasteiger partial charge in [0, 0.05) is 21.5 Å². The van der Waals surface area contributed by atoms with E-state index in [1.807, 2.05) is 22.6 Å². The maximum atomic E-state index is 13.3. The standard InChI is InChI=1S/C21H26BIN6O9S2/c1-20(2,3)36-19(34)26-18-25-13(28-39-18)10(27-38-21(4,5)8-30)14(31)24-11-15(32)29-12(17(33)37-22)9(6-23)7-40(35)16(11)29/h8,11,16H,6-7,22H2,1-5H3,(H,24,31)(H,25,26,28,34)/b27-10-/t11-,16-,40?/m1/s1. The minimum absolute atomic E-state index is 0.000910. The first kappa shape index (κ1) is 31.7. The lowest BCUT2D eigenvalue weighted by Gasteiger charge is -2.49. The summed E-state index contributed by atoms with van der Waals surface area (Å²) in [5, 5.41) is 7.54. The molecule has 3 amide bonds. The first-order chi connectivity index (χ1) is 18.6. The number of aromatic nitrogens is 2. The molecule has 3 heterocycles. The molecule has 1 saturated heterocycles. The molecule has 1 aromatic rings. The van der Waals surface area contributed by atoms with Crippen LogP contribution in [-0.2, 0) is 44.6 Å². The summed E-state index contributed by atoms with van der Waals surface area (Å²) >= 11 is 1.07. The van der Waals surface area contributed by atoms with E-state index in [9.17, 15) is 28.5 Å². The van der Waals surface area contributed by atoms with E-state index in [1.54, 1.807) is 20.8 Å². The van der Waals surface area contributed by atoms with Crippen molar-refractivity contribution in [1.29, 1.82) is 0 Å². The summed E-state index contributed by atoms with van der Waals surface area (Å²) in [4.78, 5) is 72.5. The molecular formula is C21H26BIN6O9S2. The lowest BCUT2D eigenvalue weighted by molar-refractivity contribution is -0.149. The molecule has 15 nitrogen and oxygen atoms in total. The third kappa shape index (κ3) is 7.10. The number of aldehydes is 1. The molecule has 2 N–H and O–H groups in total. The molecule has 1 unspecified atom stereocenters. The monoisotopic (exact) mass is 708 g/mol. The maximum Gasteiger partial charge on any atom is 0.414 e. The molecule has 0 saturated carbocycles. The van der Waals surface area contributed by atoms with Crippen LogP contribution in [0, 0.1) is 0 Å². The average Bonchev–Trinajstić information content (AvgIpc) is 3.32. The molecule has 3 atom stereocenters. The molecule has 2 aliphatic heterocycles. The van der Waals surface area contributed by atoms with Gasteiger partial charge in [-0.15, -0.1) is 0 Å². The molecule has 19 heteroatoms. The molecular weight excluding hydrogens is 682 g/mol. The number of carbonyl (C=O) groups is 5. The zero-order valence-corrected chi connectivity index (χ0v) is 26.1. The lowest BCUT2D eigenvalue weighted by atomic mass is 10.0. The Hall–Kier alpha value is -2.78. The number of oxime groups is 1. The number of β-lactam (4-membered cyclic amide) rings is 1. The zero-order chi connectivity index (χ0) is 30.0. The van der Waals surface area contributed by atoms with E-state index < -0.39 is 63.4 Å². The second-order valence-corrected chi connectivity index (χ2v) is 13.0. The Morgan fingerprint density at radius 3 is 2.58 bits per heavy atom. The summed E-state index contributed by atoms with van der Waals surface area (Å²) in [6, 6.07) is -1.27. The van der Waals surface area contributed by atoms with Crippen molar-refractivity contribution in [3.8, 4) is 0 Å². The molecule has 0 aliphatic carbocycles. The fraction of sp³-hybridized carbons (Fsp3) is 0.524. The van der Waals surface area contributed by atoms with Crippen molar-refractivity contribution in [3.05, 3.63) is 17.1 Å². The maximum absolute atomic E-state index is 13.3. The third-order valence-corrected chi connectivity index (χ3v) is 8.35. The molecule has 0 bridgehead atoms. The Labute approximate surface area is 250 Å². The summed E-state index contributed by atoms with van der Waals surface area (Å²) in [5.74, 6) is -2.69. The summed E-state index contributed by atoms with van der Waals surface area (Å²) in [6.45, 7) is 7.82. The van der Waals surface area contributed by atoms with Gasteiger partial charge in [-0.05, 0) is 45.8 Å². The molecule has 1 aromatic heterocycles. The summed E-state index contributed by atoms with van der Waals surface area (Å²) in [6.07, 6.45) is -0.350. The Morgan fingerprint density at radius 2 is 2.00 bits per heavy atom. The van der Waals surface area contributed by atoms with Crippen LogP contribution in [-0.4, -0.2) is 95.5 Å². The molecule has 40 heavy (non-hydrogen) atoms. The minimum Gasteiger partial charge on any atom is -0.614 e. The number of anilines is 1. The van der Waals surface area contributed by atoms with Crippen molar-refractivity contribution >= 4 is 94.4 Å². The van der Waals surface area contributed by atoms with E-state index in [2.05, 4.69) is 25.1 Å². The van der Waals surface area contributed by atoms with Gasteiger partial charge in [0.1, 0.15) is 17.1 Å². The first-order valence-corrected chi connectivity index (χ1v) is 15.2. The van der Waals surface area contributed by atoms with Crippen LogP contribution in [0.15, 0.2) is 16.4 Å². The fourth-order valence-electron chi connectivity index (χ4n) is 3.38. The highest BCUT2D eigenvalue weighted by molar-refractivity contribution is 14.1. The van der Waals surface area contributed by atoms with Crippen LogP contribution in [0.2, 0.25) is 0 Å². The zero-order valence-electron chi connectivity index (χ0n) is 22.3. The quantitative estimate of drug-likeness (QED) is 0.0502. The number of ether oxygens (including phenoxy) is 1. The number of fused-ring (bicyclic) bond motifs is 1. The predicted octanol–water partition coefficient (Wildman–Crippen LogP) is -0.221. The van der Waals surface area contributed by atoms with Crippen molar-refractivity contribution in [1.82, 2.24) is 19.6 Å². The van der Waals surface area contributed by atoms with E-state index in [0.717, 1.165) is 4.90 Å². The van der Waals surface area contributed by atoms with Gasteiger partial charge < -0.3 is 24.1 Å². The SMILES string of the molecule is BOC(=O)C1=C(CI)C[S+]([O-])[C@@H]2[C@H](NC(=O)/C(=N\OC(C)(C)C=O)c3nsc(NC(=O)OC(C)(C)C)n3)C(=O)N12. The molecule has 3 rings (SSSR count). The van der Waals surface area contributed by atoms with Crippen molar-refractivity contribution in [2.45, 2.75) is 57.2 Å². The van der Waals surface area contributed by atoms with Crippen molar-refractivity contribution in [2.75, 3.05) is 15.5 Å². The number of hydrogen-bond acceptors (Lipinski definition) is 13. The van der Waals surface area contributed by atoms with Gasteiger partial charge in [-0.1, -0.05) is 27.7 Å². The van der Waals surface area contributed by atoms with Gasteiger partial charge in [-0.3, -0.25) is 24.6 Å². The number of hydrogen-bond donors (Lipinski definition) is 2. The molecule has 216 valence electrons. The van der Waals surface area contributed by atoms with E-state index >= 15 is 0 Å². The van der Waals surface area contributed by atoms with Crippen molar-refractivity contribution in [3.63, 3.8) is 0 Å². The van der Waals surface area contributed by atoms with Crippen LogP contribution >= 0.6 is 34.1 Å². The smallest absolute Gasteiger partial charge is 0.414 e. The van der Waals surface area contributed by atoms with E-state index in [0.29, 0.717) is 27.8 Å². The number of amides is 3. The first-order valence-electron chi connectivity index (χ1n) is 11.6. The minimum atomic E-state index is -1.64. The van der Waals surface area contributed by atoms with E-state index in [4.69, 9.17) is 14.2 Å². The largest absolute Gasteiger partial charge is 0.614 e. The van der Waals surface area contributed by atoms with Gasteiger partial charge in [0.2, 0.25) is 22.0 Å². The van der Waals surface area contributed by atoms with Gasteiger partial charge in [-0.2, -0.15) is 9.36 Å². The number of alkyl halides is 1. The molecule has 0 radical (unpaired) electrons. The van der Waals surface area contributed by atoms with Crippen LogP contribution in [0.25, 0.3) is 0 Å². The predicted molar refractivity (Wildman–Crippen MR) is 154 cm³/mol. The molecule has 1 fully saturated rings. The summed E-state index contributed by atoms with van der Waals surface area (Å²) in [7, 11) is 1.17. The van der Waals surface area contributed by atoms with Crippen molar-refractivity contribution in [2.24, 2.45) is 5.16 Å². The van der Waals surface area contributed by atoms with E-state index in [-0.39, 0.29) is 22.4 Å². The summed E-state index contributed by atoms with van der Waals surface area (Å²) < 4.78 is 27.3. The van der Waals surface area contributed by atoms with Gasteiger partial charge in [-0.25, -0.2) is 9.59 Å². The molecule has 0 spiro atoms. The number of halogens is 1. The van der Waals surface area contributed by atoms with Gasteiger partial charge >= 0.3 is 20.1 Å². The Kier molecular flexibility index (Phi) is 9.84.